The van der Waals surface area contributed by atoms with Gasteiger partial charge in [-0.25, -0.2) is 4.52 Å². The van der Waals surface area contributed by atoms with Gasteiger partial charge < -0.3 is 4.74 Å². The first kappa shape index (κ1) is 13.6. The van der Waals surface area contributed by atoms with E-state index < -0.39 is 0 Å². The molecule has 5 heteroatoms. The summed E-state index contributed by atoms with van der Waals surface area (Å²) < 4.78 is 8.44. The van der Waals surface area contributed by atoms with Crippen molar-refractivity contribution in [3.8, 4) is 5.69 Å². The lowest BCUT2D eigenvalue weighted by Crippen LogP contribution is -2.27. The molecule has 1 aromatic carbocycles. The van der Waals surface area contributed by atoms with E-state index in [0.717, 1.165) is 16.8 Å². The highest BCUT2D eigenvalue weighted by Crippen LogP contribution is 2.13. The Morgan fingerprint density at radius 1 is 1.24 bits per heavy atom. The molecule has 0 N–H and O–H groups in total. The quantitative estimate of drug-likeness (QED) is 0.740. The second-order valence-electron chi connectivity index (χ2n) is 5.12. The van der Waals surface area contributed by atoms with Crippen LogP contribution in [0, 0.1) is 13.8 Å². The van der Waals surface area contributed by atoms with Crippen LogP contribution >= 0.6 is 0 Å². The van der Waals surface area contributed by atoms with Crippen molar-refractivity contribution in [3.05, 3.63) is 63.8 Å². The summed E-state index contributed by atoms with van der Waals surface area (Å²) in [6.07, 6.45) is 1.80. The molecule has 0 fully saturated rings. The van der Waals surface area contributed by atoms with Crippen LogP contribution in [0.2, 0.25) is 0 Å². The number of methoxy groups -OCH3 is 1. The standard InChI is InChI=1S/C16H17N3O2/c1-11-5-4-6-13(9-11)19-14(10-21-3)17-18-8-7-12(2)15(18)16(19)20/h4-9H,10H2,1-3H3. The molecule has 3 aromatic rings. The van der Waals surface area contributed by atoms with Gasteiger partial charge in [-0.15, -0.1) is 0 Å². The molecular formula is C16H17N3O2. The molecular weight excluding hydrogens is 266 g/mol. The van der Waals surface area contributed by atoms with Gasteiger partial charge >= 0.3 is 0 Å². The lowest BCUT2D eigenvalue weighted by Gasteiger charge is -2.13. The fraction of sp³-hybridized carbons (Fsp3) is 0.250. The number of benzene rings is 1. The van der Waals surface area contributed by atoms with Crippen LogP contribution in [-0.2, 0) is 11.3 Å². The van der Waals surface area contributed by atoms with E-state index in [0.29, 0.717) is 11.3 Å². The molecule has 0 unspecified atom stereocenters. The number of aromatic nitrogens is 3. The highest BCUT2D eigenvalue weighted by Gasteiger charge is 2.14. The third-order valence-electron chi connectivity index (χ3n) is 3.49. The van der Waals surface area contributed by atoms with Crippen LogP contribution in [0.5, 0.6) is 0 Å². The molecule has 2 heterocycles. The molecule has 0 amide bonds. The Balaban J connectivity index is 2.38. The van der Waals surface area contributed by atoms with Crippen molar-refractivity contribution < 1.29 is 4.74 Å². The average molecular weight is 283 g/mol. The van der Waals surface area contributed by atoms with Crippen LogP contribution in [0.15, 0.2) is 41.3 Å². The average Bonchev–Trinajstić information content (AvgIpc) is 2.81. The molecule has 5 nitrogen and oxygen atoms in total. The number of rotatable bonds is 3. The minimum atomic E-state index is -0.0786. The third-order valence-corrected chi connectivity index (χ3v) is 3.49. The highest BCUT2D eigenvalue weighted by molar-refractivity contribution is 5.54. The van der Waals surface area contributed by atoms with Crippen LogP contribution in [0.1, 0.15) is 17.0 Å². The van der Waals surface area contributed by atoms with Gasteiger partial charge in [0, 0.05) is 13.3 Å². The van der Waals surface area contributed by atoms with Gasteiger partial charge in [0.25, 0.3) is 5.56 Å². The highest BCUT2D eigenvalue weighted by atomic mass is 16.5. The molecule has 3 rings (SSSR count). The Morgan fingerprint density at radius 2 is 2.05 bits per heavy atom. The second kappa shape index (κ2) is 5.18. The number of hydrogen-bond donors (Lipinski definition) is 0. The van der Waals surface area contributed by atoms with Crippen molar-refractivity contribution in [3.63, 3.8) is 0 Å². The summed E-state index contributed by atoms with van der Waals surface area (Å²) in [4.78, 5) is 12.9. The lowest BCUT2D eigenvalue weighted by molar-refractivity contribution is 0.174. The minimum absolute atomic E-state index is 0.0786. The molecule has 0 aliphatic heterocycles. The van der Waals surface area contributed by atoms with Crippen LogP contribution in [0.25, 0.3) is 11.2 Å². The number of ether oxygens (including phenoxy) is 1. The zero-order chi connectivity index (χ0) is 15.0. The van der Waals surface area contributed by atoms with E-state index in [2.05, 4.69) is 5.10 Å². The first-order valence-electron chi connectivity index (χ1n) is 6.77. The van der Waals surface area contributed by atoms with Crippen molar-refractivity contribution in [2.75, 3.05) is 7.11 Å². The van der Waals surface area contributed by atoms with Gasteiger partial charge in [-0.3, -0.25) is 9.36 Å². The molecule has 0 bridgehead atoms. The number of nitrogens with zero attached hydrogens (tertiary/aromatic N) is 3. The summed E-state index contributed by atoms with van der Waals surface area (Å²) >= 11 is 0. The fourth-order valence-electron chi connectivity index (χ4n) is 2.51. The molecule has 0 radical (unpaired) electrons. The number of fused-ring (bicyclic) bond motifs is 1. The molecule has 0 spiro atoms. The van der Waals surface area contributed by atoms with E-state index in [-0.39, 0.29) is 12.2 Å². The Hall–Kier alpha value is -2.40. The van der Waals surface area contributed by atoms with Gasteiger partial charge in [-0.05, 0) is 43.2 Å². The molecule has 0 saturated heterocycles. The molecule has 0 aliphatic carbocycles. The van der Waals surface area contributed by atoms with E-state index >= 15 is 0 Å². The van der Waals surface area contributed by atoms with E-state index in [1.54, 1.807) is 22.4 Å². The molecule has 2 aromatic heterocycles. The summed E-state index contributed by atoms with van der Waals surface area (Å²) in [5.41, 5.74) is 3.33. The van der Waals surface area contributed by atoms with Gasteiger partial charge in [0.05, 0.1) is 5.69 Å². The zero-order valence-corrected chi connectivity index (χ0v) is 12.3. The van der Waals surface area contributed by atoms with Gasteiger partial charge in [0.15, 0.2) is 5.82 Å². The first-order chi connectivity index (χ1) is 10.1. The van der Waals surface area contributed by atoms with Gasteiger partial charge in [-0.1, -0.05) is 12.1 Å². The molecule has 0 atom stereocenters. The Morgan fingerprint density at radius 3 is 2.76 bits per heavy atom. The molecule has 0 saturated carbocycles. The lowest BCUT2D eigenvalue weighted by atomic mass is 10.2. The SMILES string of the molecule is COCc1nn2ccc(C)c2c(=O)n1-c1cccc(C)c1. The monoisotopic (exact) mass is 283 g/mol. The predicted octanol–water partition coefficient (Wildman–Crippen LogP) is 2.25. The largest absolute Gasteiger partial charge is 0.377 e. The number of hydrogen-bond acceptors (Lipinski definition) is 3. The van der Waals surface area contributed by atoms with Crippen LogP contribution in [0.4, 0.5) is 0 Å². The number of aryl methyl sites for hydroxylation is 2. The van der Waals surface area contributed by atoms with Crippen molar-refractivity contribution in [1.29, 1.82) is 0 Å². The Bertz CT molecular complexity index is 862. The fourth-order valence-corrected chi connectivity index (χ4v) is 2.51. The first-order valence-corrected chi connectivity index (χ1v) is 6.77. The van der Waals surface area contributed by atoms with Gasteiger partial charge in [0.1, 0.15) is 12.1 Å². The van der Waals surface area contributed by atoms with Gasteiger partial charge in [-0.2, -0.15) is 5.10 Å². The van der Waals surface area contributed by atoms with E-state index in [9.17, 15) is 4.79 Å². The topological polar surface area (TPSA) is 48.5 Å². The summed E-state index contributed by atoms with van der Waals surface area (Å²) in [7, 11) is 1.60. The van der Waals surface area contributed by atoms with Crippen molar-refractivity contribution in [2.24, 2.45) is 0 Å². The predicted molar refractivity (Wildman–Crippen MR) is 81.0 cm³/mol. The normalized spacial score (nSPS) is 11.2. The van der Waals surface area contributed by atoms with Crippen molar-refractivity contribution in [2.45, 2.75) is 20.5 Å². The zero-order valence-electron chi connectivity index (χ0n) is 12.3. The summed E-state index contributed by atoms with van der Waals surface area (Å²) in [5, 5.41) is 4.51. The Kier molecular flexibility index (Phi) is 3.35. The maximum absolute atomic E-state index is 12.9. The molecule has 0 aliphatic rings. The van der Waals surface area contributed by atoms with Crippen LogP contribution in [-0.4, -0.2) is 21.3 Å². The summed E-state index contributed by atoms with van der Waals surface area (Å²) in [5.74, 6) is 0.580. The smallest absolute Gasteiger partial charge is 0.282 e. The van der Waals surface area contributed by atoms with E-state index in [1.807, 2.05) is 44.2 Å². The molecule has 108 valence electrons. The van der Waals surface area contributed by atoms with Crippen molar-refractivity contribution >= 4 is 5.52 Å². The summed E-state index contributed by atoms with van der Waals surface area (Å²) in [6.45, 7) is 4.18. The minimum Gasteiger partial charge on any atom is -0.377 e. The third kappa shape index (κ3) is 2.25. The van der Waals surface area contributed by atoms with E-state index in [1.165, 1.54) is 0 Å². The maximum atomic E-state index is 12.9. The van der Waals surface area contributed by atoms with Crippen LogP contribution in [0.3, 0.4) is 0 Å². The summed E-state index contributed by atoms with van der Waals surface area (Å²) in [6, 6.07) is 9.70. The van der Waals surface area contributed by atoms with Gasteiger partial charge in [0.2, 0.25) is 0 Å². The maximum Gasteiger partial charge on any atom is 0.282 e. The van der Waals surface area contributed by atoms with Crippen molar-refractivity contribution in [1.82, 2.24) is 14.2 Å². The Labute approximate surface area is 122 Å². The second-order valence-corrected chi connectivity index (χ2v) is 5.12. The molecule has 21 heavy (non-hydrogen) atoms. The van der Waals surface area contributed by atoms with E-state index in [4.69, 9.17) is 4.74 Å². The van der Waals surface area contributed by atoms with Crippen LogP contribution < -0.4 is 5.56 Å².